The van der Waals surface area contributed by atoms with Crippen LogP contribution in [-0.2, 0) is 11.0 Å². The van der Waals surface area contributed by atoms with Crippen LogP contribution in [0.5, 0.6) is 0 Å². The minimum Gasteiger partial charge on any atom is -0.330 e. The zero-order chi connectivity index (χ0) is 15.5. The zero-order valence-corrected chi connectivity index (χ0v) is 11.8. The first-order chi connectivity index (χ1) is 9.15. The van der Waals surface area contributed by atoms with Gasteiger partial charge in [-0.3, -0.25) is 4.79 Å². The van der Waals surface area contributed by atoms with Gasteiger partial charge < -0.3 is 11.1 Å². The fraction of sp³-hybridized carbons (Fsp3) is 0.462. The number of benzene rings is 1. The number of nitrogens with two attached hydrogens (primary N) is 1. The Morgan fingerprint density at radius 3 is 2.40 bits per heavy atom. The summed E-state index contributed by atoms with van der Waals surface area (Å²) in [6.07, 6.45) is -4.52. The van der Waals surface area contributed by atoms with E-state index in [-0.39, 0.29) is 23.2 Å². The largest absolute Gasteiger partial charge is 0.416 e. The highest BCUT2D eigenvalue weighted by Gasteiger charge is 2.31. The molecule has 0 heterocycles. The molecule has 112 valence electrons. The van der Waals surface area contributed by atoms with E-state index >= 15 is 0 Å². The zero-order valence-electron chi connectivity index (χ0n) is 11.1. The van der Waals surface area contributed by atoms with Crippen molar-refractivity contribution in [1.29, 1.82) is 0 Å². The summed E-state index contributed by atoms with van der Waals surface area (Å²) in [6.45, 7) is 3.75. The molecule has 0 aliphatic heterocycles. The van der Waals surface area contributed by atoms with Crippen molar-refractivity contribution in [2.75, 3.05) is 11.9 Å². The summed E-state index contributed by atoms with van der Waals surface area (Å²) in [5.74, 6) is -0.900. The number of anilines is 1. The Morgan fingerprint density at radius 2 is 1.95 bits per heavy atom. The van der Waals surface area contributed by atoms with Gasteiger partial charge in [0.05, 0.1) is 11.5 Å². The first-order valence-electron chi connectivity index (χ1n) is 6.04. The SMILES string of the molecule is CC(C)C(CN)C(=O)Nc1cc(Cl)cc(C(F)(F)F)c1. The lowest BCUT2D eigenvalue weighted by molar-refractivity contribution is -0.137. The molecular weight excluding hydrogens is 293 g/mol. The van der Waals surface area contributed by atoms with Crippen LogP contribution in [0.4, 0.5) is 18.9 Å². The molecule has 20 heavy (non-hydrogen) atoms. The van der Waals surface area contributed by atoms with Crippen molar-refractivity contribution in [3.8, 4) is 0 Å². The second-order valence-corrected chi connectivity index (χ2v) is 5.24. The smallest absolute Gasteiger partial charge is 0.330 e. The van der Waals surface area contributed by atoms with Gasteiger partial charge in [0.15, 0.2) is 0 Å². The average Bonchev–Trinajstić information content (AvgIpc) is 2.26. The maximum absolute atomic E-state index is 12.6. The molecule has 3 nitrogen and oxygen atoms in total. The van der Waals surface area contributed by atoms with Crippen molar-refractivity contribution < 1.29 is 18.0 Å². The molecule has 0 saturated carbocycles. The van der Waals surface area contributed by atoms with E-state index in [4.69, 9.17) is 17.3 Å². The van der Waals surface area contributed by atoms with Crippen LogP contribution in [0.1, 0.15) is 19.4 Å². The Bertz CT molecular complexity index is 489. The highest BCUT2D eigenvalue weighted by Crippen LogP contribution is 2.33. The molecule has 0 aliphatic rings. The lowest BCUT2D eigenvalue weighted by atomic mass is 9.95. The van der Waals surface area contributed by atoms with Crippen LogP contribution in [0.3, 0.4) is 0 Å². The normalized spacial score (nSPS) is 13.4. The van der Waals surface area contributed by atoms with E-state index in [1.54, 1.807) is 0 Å². The number of rotatable bonds is 4. The van der Waals surface area contributed by atoms with Gasteiger partial charge in [0.2, 0.25) is 5.91 Å². The van der Waals surface area contributed by atoms with Gasteiger partial charge in [-0.1, -0.05) is 25.4 Å². The summed E-state index contributed by atoms with van der Waals surface area (Å²) in [5.41, 5.74) is 4.59. The van der Waals surface area contributed by atoms with Crippen molar-refractivity contribution in [2.24, 2.45) is 17.6 Å². The van der Waals surface area contributed by atoms with Gasteiger partial charge in [-0.2, -0.15) is 13.2 Å². The number of carbonyl (C=O) groups is 1. The molecule has 1 aromatic rings. The molecule has 1 aromatic carbocycles. The molecule has 0 spiro atoms. The highest BCUT2D eigenvalue weighted by atomic mass is 35.5. The number of hydrogen-bond acceptors (Lipinski definition) is 2. The van der Waals surface area contributed by atoms with Crippen LogP contribution in [0.25, 0.3) is 0 Å². The third kappa shape index (κ3) is 4.38. The average molecular weight is 309 g/mol. The first-order valence-corrected chi connectivity index (χ1v) is 6.41. The maximum Gasteiger partial charge on any atom is 0.416 e. The quantitative estimate of drug-likeness (QED) is 0.894. The molecule has 0 bridgehead atoms. The molecule has 1 unspecified atom stereocenters. The molecule has 0 radical (unpaired) electrons. The predicted octanol–water partition coefficient (Wildman–Crippen LogP) is 3.53. The number of halogens is 4. The summed E-state index contributed by atoms with van der Waals surface area (Å²) >= 11 is 5.64. The van der Waals surface area contributed by atoms with Crippen LogP contribution in [-0.4, -0.2) is 12.5 Å². The van der Waals surface area contributed by atoms with Crippen molar-refractivity contribution in [1.82, 2.24) is 0 Å². The van der Waals surface area contributed by atoms with E-state index in [2.05, 4.69) is 5.32 Å². The fourth-order valence-corrected chi connectivity index (χ4v) is 1.98. The standard InChI is InChI=1S/C13H16ClF3N2O/c1-7(2)11(6-18)12(20)19-10-4-8(13(15,16)17)3-9(14)5-10/h3-5,7,11H,6,18H2,1-2H3,(H,19,20). The number of amides is 1. The van der Waals surface area contributed by atoms with Crippen LogP contribution >= 0.6 is 11.6 Å². The number of carbonyl (C=O) groups excluding carboxylic acids is 1. The van der Waals surface area contributed by atoms with Crippen LogP contribution in [0.15, 0.2) is 18.2 Å². The van der Waals surface area contributed by atoms with E-state index < -0.39 is 23.6 Å². The van der Waals surface area contributed by atoms with Crippen molar-refractivity contribution in [3.05, 3.63) is 28.8 Å². The van der Waals surface area contributed by atoms with Gasteiger partial charge in [-0.25, -0.2) is 0 Å². The van der Waals surface area contributed by atoms with Crippen molar-refractivity contribution in [2.45, 2.75) is 20.0 Å². The Balaban J connectivity index is 2.98. The second kappa shape index (κ2) is 6.45. The highest BCUT2D eigenvalue weighted by molar-refractivity contribution is 6.31. The van der Waals surface area contributed by atoms with Gasteiger partial charge in [0.25, 0.3) is 0 Å². The van der Waals surface area contributed by atoms with Gasteiger partial charge in [-0.15, -0.1) is 0 Å². The minimum atomic E-state index is -4.52. The first kappa shape index (κ1) is 16.8. The maximum atomic E-state index is 12.6. The summed E-state index contributed by atoms with van der Waals surface area (Å²) in [6, 6.07) is 2.92. The predicted molar refractivity (Wildman–Crippen MR) is 72.5 cm³/mol. The molecule has 7 heteroatoms. The van der Waals surface area contributed by atoms with Gasteiger partial charge >= 0.3 is 6.18 Å². The number of nitrogens with one attached hydrogen (secondary N) is 1. The summed E-state index contributed by atoms with van der Waals surface area (Å²) in [7, 11) is 0. The molecule has 3 N–H and O–H groups in total. The van der Waals surface area contributed by atoms with Crippen molar-refractivity contribution >= 4 is 23.2 Å². The molecule has 0 aliphatic carbocycles. The summed E-state index contributed by atoms with van der Waals surface area (Å²) < 4.78 is 37.9. The molecule has 0 aromatic heterocycles. The topological polar surface area (TPSA) is 55.1 Å². The van der Waals surface area contributed by atoms with E-state index in [0.717, 1.165) is 12.1 Å². The third-order valence-electron chi connectivity index (χ3n) is 2.89. The molecule has 0 fully saturated rings. The molecular formula is C13H16ClF3N2O. The Hall–Kier alpha value is -1.27. The third-order valence-corrected chi connectivity index (χ3v) is 3.11. The fourth-order valence-electron chi connectivity index (χ4n) is 1.74. The minimum absolute atomic E-state index is 0.00826. The summed E-state index contributed by atoms with van der Waals surface area (Å²) in [5, 5.41) is 2.33. The van der Waals surface area contributed by atoms with Crippen molar-refractivity contribution in [3.63, 3.8) is 0 Å². The molecule has 1 rings (SSSR count). The lowest BCUT2D eigenvalue weighted by Crippen LogP contribution is -2.33. The lowest BCUT2D eigenvalue weighted by Gasteiger charge is -2.19. The van der Waals surface area contributed by atoms with Gasteiger partial charge in [0, 0.05) is 17.3 Å². The second-order valence-electron chi connectivity index (χ2n) is 4.80. The van der Waals surface area contributed by atoms with Crippen LogP contribution in [0.2, 0.25) is 5.02 Å². The Kier molecular flexibility index (Phi) is 5.42. The summed E-state index contributed by atoms with van der Waals surface area (Å²) in [4.78, 5) is 11.9. The molecule has 0 saturated heterocycles. The van der Waals surface area contributed by atoms with Gasteiger partial charge in [0.1, 0.15) is 0 Å². The van der Waals surface area contributed by atoms with Crippen LogP contribution in [0, 0.1) is 11.8 Å². The number of hydrogen-bond donors (Lipinski definition) is 2. The van der Waals surface area contributed by atoms with Crippen LogP contribution < -0.4 is 11.1 Å². The number of alkyl halides is 3. The van der Waals surface area contributed by atoms with E-state index in [9.17, 15) is 18.0 Å². The van der Waals surface area contributed by atoms with E-state index in [1.165, 1.54) is 6.07 Å². The van der Waals surface area contributed by atoms with E-state index in [1.807, 2.05) is 13.8 Å². The monoisotopic (exact) mass is 308 g/mol. The molecule has 1 atom stereocenters. The Labute approximate surface area is 120 Å². The van der Waals surface area contributed by atoms with E-state index in [0.29, 0.717) is 0 Å². The van der Waals surface area contributed by atoms with Gasteiger partial charge in [-0.05, 0) is 24.1 Å². The molecule has 1 amide bonds. The Morgan fingerprint density at radius 1 is 1.35 bits per heavy atom.